The number of nitrogens with zero attached hydrogens (tertiary/aromatic N) is 2. The predicted octanol–water partition coefficient (Wildman–Crippen LogP) is 18.3. The smallest absolute Gasteiger partial charge is 0.159 e. The Balaban J connectivity index is 1.14. The highest BCUT2D eigenvalue weighted by Gasteiger charge is 2.26. The summed E-state index contributed by atoms with van der Waals surface area (Å²) in [5, 5.41) is 4.39. The summed E-state index contributed by atoms with van der Waals surface area (Å²) < 4.78 is 7.17. The van der Waals surface area contributed by atoms with E-state index in [1.807, 2.05) is 0 Å². The number of hydrogen-bond donors (Lipinski definition) is 0. The second-order valence-electron chi connectivity index (χ2n) is 16.9. The van der Waals surface area contributed by atoms with Crippen molar-refractivity contribution >= 4 is 66.8 Å². The summed E-state index contributed by atoms with van der Waals surface area (Å²) in [6.45, 7) is 0. The lowest BCUT2D eigenvalue weighted by atomic mass is 9.98. The lowest BCUT2D eigenvalue weighted by Gasteiger charge is -2.31. The minimum Gasteiger partial charge on any atom is -0.454 e. The van der Waals surface area contributed by atoms with Crippen molar-refractivity contribution in [3.05, 3.63) is 267 Å². The van der Waals surface area contributed by atoms with E-state index in [4.69, 9.17) is 4.42 Å². The van der Waals surface area contributed by atoms with Crippen molar-refractivity contribution in [2.45, 2.75) is 0 Å². The first-order chi connectivity index (χ1) is 33.2. The highest BCUT2D eigenvalue weighted by molar-refractivity contribution is 6.16. The molecular weight excluding hydrogens is 813 g/mol. The number of anilines is 6. The summed E-state index contributed by atoms with van der Waals surface area (Å²) in [5.74, 6) is 0. The molecule has 0 fully saturated rings. The molecule has 0 bridgehead atoms. The molecule has 0 unspecified atom stereocenters. The van der Waals surface area contributed by atoms with Crippen LogP contribution in [0.15, 0.2) is 271 Å². The summed E-state index contributed by atoms with van der Waals surface area (Å²) in [4.78, 5) is 4.80. The van der Waals surface area contributed by atoms with Gasteiger partial charge in [-0.25, -0.2) is 0 Å². The third kappa shape index (κ3) is 7.49. The molecule has 0 saturated carbocycles. The summed E-state index contributed by atoms with van der Waals surface area (Å²) in [7, 11) is 0. The molecule has 0 spiro atoms. The lowest BCUT2D eigenvalue weighted by molar-refractivity contribution is 0.669. The van der Waals surface area contributed by atoms with Crippen LogP contribution in [0.1, 0.15) is 0 Å². The maximum absolute atomic E-state index is 7.17. The molecule has 67 heavy (non-hydrogen) atoms. The molecule has 12 aromatic rings. The Bertz CT molecular complexity index is 3660. The van der Waals surface area contributed by atoms with E-state index in [0.29, 0.717) is 0 Å². The van der Waals surface area contributed by atoms with Crippen molar-refractivity contribution in [1.82, 2.24) is 0 Å². The van der Waals surface area contributed by atoms with Crippen molar-refractivity contribution < 1.29 is 4.42 Å². The van der Waals surface area contributed by atoms with Gasteiger partial charge in [-0.05, 0) is 105 Å². The zero-order valence-corrected chi connectivity index (χ0v) is 36.7. The van der Waals surface area contributed by atoms with Gasteiger partial charge in [-0.2, -0.15) is 0 Å². The Morgan fingerprint density at radius 1 is 0.254 bits per heavy atom. The number of furan rings is 1. The maximum Gasteiger partial charge on any atom is 0.159 e. The van der Waals surface area contributed by atoms with Crippen molar-refractivity contribution in [2.24, 2.45) is 0 Å². The lowest BCUT2D eigenvalue weighted by Crippen LogP contribution is -2.14. The van der Waals surface area contributed by atoms with E-state index in [1.165, 1.54) is 16.7 Å². The van der Waals surface area contributed by atoms with Gasteiger partial charge >= 0.3 is 0 Å². The van der Waals surface area contributed by atoms with Crippen LogP contribution in [0.4, 0.5) is 34.1 Å². The van der Waals surface area contributed by atoms with Gasteiger partial charge in [0.25, 0.3) is 0 Å². The summed E-state index contributed by atoms with van der Waals surface area (Å²) in [6.07, 6.45) is 0. The molecule has 0 radical (unpaired) electrons. The SMILES string of the molecule is c1ccc(-c2ccc(-c3ccccc3N(c3ccccc3)c3cc(N(c4ccc(-c5ccccc5)cc4)c4ccccc4-c4ccccc4)cc4c3oc3cc5ccccc5cc34)cc2)cc1. The van der Waals surface area contributed by atoms with Crippen LogP contribution in [0.2, 0.25) is 0 Å². The van der Waals surface area contributed by atoms with E-state index in [-0.39, 0.29) is 0 Å². The molecule has 0 saturated heterocycles. The van der Waals surface area contributed by atoms with Gasteiger partial charge in [-0.15, -0.1) is 0 Å². The molecule has 0 amide bonds. The Kier molecular flexibility index (Phi) is 10.2. The average molecular weight is 857 g/mol. The molecular formula is C64H44N2O. The fraction of sp³-hybridized carbons (Fsp3) is 0. The molecule has 316 valence electrons. The molecule has 1 heterocycles. The van der Waals surface area contributed by atoms with Crippen molar-refractivity contribution in [3.63, 3.8) is 0 Å². The van der Waals surface area contributed by atoms with Gasteiger partial charge < -0.3 is 14.2 Å². The quantitative estimate of drug-likeness (QED) is 0.137. The molecule has 1 aromatic heterocycles. The first-order valence-corrected chi connectivity index (χ1v) is 22.8. The first kappa shape index (κ1) is 39.7. The van der Waals surface area contributed by atoms with Crippen LogP contribution in [0.3, 0.4) is 0 Å². The summed E-state index contributed by atoms with van der Waals surface area (Å²) >= 11 is 0. The molecule has 0 N–H and O–H groups in total. The van der Waals surface area contributed by atoms with Crippen LogP contribution in [-0.2, 0) is 0 Å². The highest BCUT2D eigenvalue weighted by Crippen LogP contribution is 2.50. The largest absolute Gasteiger partial charge is 0.454 e. The average Bonchev–Trinajstić information content (AvgIpc) is 3.77. The van der Waals surface area contributed by atoms with Crippen LogP contribution in [0.5, 0.6) is 0 Å². The van der Waals surface area contributed by atoms with E-state index < -0.39 is 0 Å². The molecule has 0 aliphatic heterocycles. The highest BCUT2D eigenvalue weighted by atomic mass is 16.3. The topological polar surface area (TPSA) is 19.6 Å². The molecule has 11 aromatic carbocycles. The third-order valence-electron chi connectivity index (χ3n) is 12.8. The third-order valence-corrected chi connectivity index (χ3v) is 12.8. The molecule has 3 nitrogen and oxygen atoms in total. The number of hydrogen-bond acceptors (Lipinski definition) is 3. The standard InChI is InChI=1S/C64H44N2O/c1-5-19-45(20-6-1)47-33-35-50(36-34-47)57-30-16-18-32-61(57)66(53-27-11-4-12-28-53)62-44-55(43-59-58-41-51-25-13-14-26-52(51)42-63(58)67-64(59)62)65(54-39-37-48(38-40-54)46-21-7-2-8-22-46)60-31-17-15-29-56(60)49-23-9-3-10-24-49/h1-44H. The van der Waals surface area contributed by atoms with Gasteiger partial charge in [0, 0.05) is 39.0 Å². The van der Waals surface area contributed by atoms with E-state index in [9.17, 15) is 0 Å². The minimum absolute atomic E-state index is 0.808. The maximum atomic E-state index is 7.17. The summed E-state index contributed by atoms with van der Waals surface area (Å²) in [6, 6.07) is 95.5. The van der Waals surface area contributed by atoms with E-state index in [0.717, 1.165) is 94.7 Å². The molecule has 0 atom stereocenters. The van der Waals surface area contributed by atoms with Gasteiger partial charge in [0.1, 0.15) is 5.58 Å². The van der Waals surface area contributed by atoms with Crippen LogP contribution >= 0.6 is 0 Å². The van der Waals surface area contributed by atoms with Gasteiger partial charge in [0.05, 0.1) is 17.1 Å². The van der Waals surface area contributed by atoms with Gasteiger partial charge in [-0.1, -0.05) is 206 Å². The summed E-state index contributed by atoms with van der Waals surface area (Å²) in [5.41, 5.74) is 16.9. The van der Waals surface area contributed by atoms with Crippen LogP contribution in [-0.4, -0.2) is 0 Å². The predicted molar refractivity (Wildman–Crippen MR) is 282 cm³/mol. The molecule has 0 aliphatic rings. The number of rotatable bonds is 10. The molecule has 3 heteroatoms. The normalized spacial score (nSPS) is 11.3. The second kappa shape index (κ2) is 17.2. The molecule has 0 aliphatic carbocycles. The Labute approximate surface area is 390 Å². The monoisotopic (exact) mass is 856 g/mol. The van der Waals surface area contributed by atoms with E-state index >= 15 is 0 Å². The van der Waals surface area contributed by atoms with Crippen LogP contribution in [0.25, 0.3) is 77.2 Å². The second-order valence-corrected chi connectivity index (χ2v) is 16.9. The fourth-order valence-electron chi connectivity index (χ4n) is 9.59. The Hall–Kier alpha value is -8.92. The van der Waals surface area contributed by atoms with Gasteiger partial charge in [0.2, 0.25) is 0 Å². The van der Waals surface area contributed by atoms with Crippen molar-refractivity contribution in [2.75, 3.05) is 9.80 Å². The van der Waals surface area contributed by atoms with Gasteiger partial charge in [0.15, 0.2) is 5.58 Å². The zero-order chi connectivity index (χ0) is 44.5. The van der Waals surface area contributed by atoms with E-state index in [2.05, 4.69) is 277 Å². The van der Waals surface area contributed by atoms with Crippen LogP contribution < -0.4 is 9.80 Å². The van der Waals surface area contributed by atoms with Crippen molar-refractivity contribution in [1.29, 1.82) is 0 Å². The Morgan fingerprint density at radius 3 is 1.27 bits per heavy atom. The molecule has 12 rings (SSSR count). The Morgan fingerprint density at radius 2 is 0.672 bits per heavy atom. The number of fused-ring (bicyclic) bond motifs is 4. The van der Waals surface area contributed by atoms with Crippen molar-refractivity contribution in [3.8, 4) is 44.5 Å². The van der Waals surface area contributed by atoms with Gasteiger partial charge in [-0.3, -0.25) is 0 Å². The first-order valence-electron chi connectivity index (χ1n) is 22.8. The number of benzene rings is 11. The van der Waals surface area contributed by atoms with E-state index in [1.54, 1.807) is 0 Å². The minimum atomic E-state index is 0.808. The number of para-hydroxylation sites is 3. The fourth-order valence-corrected chi connectivity index (χ4v) is 9.59. The van der Waals surface area contributed by atoms with Crippen LogP contribution in [0, 0.1) is 0 Å². The zero-order valence-electron chi connectivity index (χ0n) is 36.7.